The third kappa shape index (κ3) is 5.53. The molecule has 0 aromatic carbocycles. The normalized spacial score (nSPS) is 23.9. The molecule has 1 amide bonds. The number of carbonyl (C=O) groups excluding carboxylic acids is 1. The van der Waals surface area contributed by atoms with Crippen LogP contribution in [0.1, 0.15) is 37.3 Å². The van der Waals surface area contributed by atoms with E-state index < -0.39 is 46.9 Å². The van der Waals surface area contributed by atoms with Crippen LogP contribution in [0.25, 0.3) is 0 Å². The van der Waals surface area contributed by atoms with Crippen molar-refractivity contribution in [3.05, 3.63) is 39.9 Å². The highest BCUT2D eigenvalue weighted by atomic mass is 19.4. The van der Waals surface area contributed by atoms with E-state index in [4.69, 9.17) is 9.47 Å². The highest BCUT2D eigenvalue weighted by Crippen LogP contribution is 2.40. The van der Waals surface area contributed by atoms with Crippen molar-refractivity contribution in [2.45, 2.75) is 62.8 Å². The molecular weight excluding hydrogens is 550 g/mol. The molecule has 5 rings (SSSR count). The van der Waals surface area contributed by atoms with E-state index >= 15 is 0 Å². The smallest absolute Gasteiger partial charge is 0.423 e. The fourth-order valence-electron chi connectivity index (χ4n) is 5.40. The third-order valence-corrected chi connectivity index (χ3v) is 7.27. The molecule has 3 aliphatic rings. The molecule has 218 valence electrons. The van der Waals surface area contributed by atoms with Gasteiger partial charge in [-0.3, -0.25) is 9.59 Å². The lowest BCUT2D eigenvalue weighted by Gasteiger charge is -2.45. The van der Waals surface area contributed by atoms with Crippen molar-refractivity contribution in [3.63, 3.8) is 0 Å². The molecule has 10 nitrogen and oxygen atoms in total. The number of alkyl halides is 6. The Labute approximate surface area is 223 Å². The summed E-state index contributed by atoms with van der Waals surface area (Å²) in [7, 11) is 0. The molecule has 2 aromatic rings. The minimum atomic E-state index is -4.88. The number of fused-ring (bicyclic) bond motifs is 3. The van der Waals surface area contributed by atoms with Gasteiger partial charge in [-0.1, -0.05) is 0 Å². The average molecular weight is 576 g/mol. The Morgan fingerprint density at radius 3 is 2.58 bits per heavy atom. The second-order valence-corrected chi connectivity index (χ2v) is 10.1. The molecule has 5 heterocycles. The van der Waals surface area contributed by atoms with Crippen molar-refractivity contribution < 1.29 is 40.6 Å². The van der Waals surface area contributed by atoms with Gasteiger partial charge >= 0.3 is 12.4 Å². The second-order valence-electron chi connectivity index (χ2n) is 10.1. The average Bonchev–Trinajstić information content (AvgIpc) is 3.25. The van der Waals surface area contributed by atoms with Crippen LogP contribution in [-0.2, 0) is 21.9 Å². The number of anilines is 2. The number of carbonyl (C=O) groups is 1. The van der Waals surface area contributed by atoms with Crippen LogP contribution in [0, 0.1) is 0 Å². The maximum Gasteiger partial charge on any atom is 0.423 e. The zero-order chi connectivity index (χ0) is 28.8. The molecule has 0 radical (unpaired) electrons. The molecule has 3 aliphatic heterocycles. The summed E-state index contributed by atoms with van der Waals surface area (Å²) >= 11 is 0. The van der Waals surface area contributed by atoms with E-state index in [0.29, 0.717) is 38.2 Å². The van der Waals surface area contributed by atoms with Gasteiger partial charge in [-0.25, -0.2) is 10.1 Å². The van der Waals surface area contributed by atoms with Crippen LogP contribution >= 0.6 is 0 Å². The molecule has 0 spiro atoms. The number of aromatic amines is 1. The van der Waals surface area contributed by atoms with Crippen LogP contribution in [0.3, 0.4) is 0 Å². The number of ether oxygens (including phenoxy) is 2. The minimum Gasteiger partial charge on any atom is -0.488 e. The quantitative estimate of drug-likeness (QED) is 0.505. The van der Waals surface area contributed by atoms with E-state index in [-0.39, 0.29) is 37.0 Å². The zero-order valence-electron chi connectivity index (χ0n) is 21.2. The van der Waals surface area contributed by atoms with E-state index in [1.54, 1.807) is 16.9 Å². The number of rotatable bonds is 6. The Bertz CT molecular complexity index is 1320. The van der Waals surface area contributed by atoms with Gasteiger partial charge in [0.2, 0.25) is 0 Å². The van der Waals surface area contributed by atoms with Crippen LogP contribution in [-0.4, -0.2) is 76.5 Å². The molecule has 2 N–H and O–H groups in total. The topological polar surface area (TPSA) is 113 Å². The molecule has 2 unspecified atom stereocenters. The number of nitrogens with one attached hydrogen (secondary N) is 2. The largest absolute Gasteiger partial charge is 0.488 e. The molecule has 4 atom stereocenters. The fraction of sp³-hybridized carbons (Fsp3) is 0.583. The molecule has 2 saturated heterocycles. The van der Waals surface area contributed by atoms with E-state index in [2.05, 4.69) is 15.4 Å². The Morgan fingerprint density at radius 2 is 1.85 bits per heavy atom. The first-order valence-corrected chi connectivity index (χ1v) is 12.6. The van der Waals surface area contributed by atoms with Gasteiger partial charge in [0, 0.05) is 37.8 Å². The number of hydrogen-bond donors (Lipinski definition) is 2. The molecule has 2 aromatic heterocycles. The number of nitrogens with zero attached hydrogens (tertiary/aromatic N) is 4. The third-order valence-electron chi connectivity index (χ3n) is 7.27. The van der Waals surface area contributed by atoms with Gasteiger partial charge in [0.1, 0.15) is 18.3 Å². The Kier molecular flexibility index (Phi) is 7.31. The number of piperidine rings is 1. The molecule has 2 fully saturated rings. The lowest BCUT2D eigenvalue weighted by Crippen LogP contribution is -2.54. The Balaban J connectivity index is 1.16. The van der Waals surface area contributed by atoms with Gasteiger partial charge in [0.25, 0.3) is 11.5 Å². The standard InChI is InChI=1S/C24H26F6N6O4/c1-12(33-16-9-32-34-21(37)19(16)24(28,29)30)10-39-17-3-5-36(22(17)38)14-2-4-35-15(7-14)11-40-18-6-13(23(25,26)27)8-31-20(18)35/h6,8-9,12,14-15,17H,2-5,7,10-11H2,1H3,(H2,33,34,37)/t12-,14?,15-,17?/m0/s1. The summed E-state index contributed by atoms with van der Waals surface area (Å²) < 4.78 is 90.3. The van der Waals surface area contributed by atoms with Crippen molar-refractivity contribution in [2.75, 3.05) is 36.5 Å². The van der Waals surface area contributed by atoms with E-state index in [1.807, 2.05) is 4.90 Å². The van der Waals surface area contributed by atoms with Gasteiger partial charge in [0.05, 0.1) is 30.1 Å². The first-order chi connectivity index (χ1) is 18.8. The van der Waals surface area contributed by atoms with Crippen molar-refractivity contribution >= 4 is 17.4 Å². The number of hydrogen-bond acceptors (Lipinski definition) is 8. The van der Waals surface area contributed by atoms with Crippen LogP contribution in [0.4, 0.5) is 37.8 Å². The first kappa shape index (κ1) is 28.0. The summed E-state index contributed by atoms with van der Waals surface area (Å²) in [5, 5.41) is 7.76. The van der Waals surface area contributed by atoms with E-state index in [1.165, 1.54) is 0 Å². The number of pyridine rings is 1. The number of aromatic nitrogens is 3. The number of halogens is 6. The van der Waals surface area contributed by atoms with Gasteiger partial charge in [-0.05, 0) is 25.8 Å². The van der Waals surface area contributed by atoms with Crippen molar-refractivity contribution in [1.82, 2.24) is 20.1 Å². The molecular formula is C24H26F6N6O4. The van der Waals surface area contributed by atoms with Gasteiger partial charge in [-0.15, -0.1) is 0 Å². The molecule has 0 aliphatic carbocycles. The van der Waals surface area contributed by atoms with Crippen molar-refractivity contribution in [3.8, 4) is 5.75 Å². The lowest BCUT2D eigenvalue weighted by molar-refractivity contribution is -0.140. The van der Waals surface area contributed by atoms with Crippen molar-refractivity contribution in [1.29, 1.82) is 0 Å². The van der Waals surface area contributed by atoms with Crippen LogP contribution < -0.4 is 20.5 Å². The van der Waals surface area contributed by atoms with Crippen molar-refractivity contribution in [2.24, 2.45) is 0 Å². The monoisotopic (exact) mass is 576 g/mol. The molecule has 16 heteroatoms. The number of likely N-dealkylation sites (tertiary alicyclic amines) is 1. The SMILES string of the molecule is C[C@@H](COC1CCN(C2CCN3c4ncc(C(F)(F)F)cc4OC[C@@H]3C2)C1=O)Nc1cn[nH]c(=O)c1C(F)(F)F. The summed E-state index contributed by atoms with van der Waals surface area (Å²) in [4.78, 5) is 32.4. The second kappa shape index (κ2) is 10.4. The maximum absolute atomic E-state index is 13.3. The first-order valence-electron chi connectivity index (χ1n) is 12.6. The van der Waals surface area contributed by atoms with Gasteiger partial charge < -0.3 is 24.6 Å². The Hall–Kier alpha value is -3.56. The van der Waals surface area contributed by atoms with E-state index in [0.717, 1.165) is 18.5 Å². The lowest BCUT2D eigenvalue weighted by atomic mass is 9.95. The fourth-order valence-corrected chi connectivity index (χ4v) is 5.40. The van der Waals surface area contributed by atoms with Gasteiger partial charge in [-0.2, -0.15) is 31.4 Å². The van der Waals surface area contributed by atoms with Gasteiger partial charge in [0.15, 0.2) is 11.6 Å². The summed E-state index contributed by atoms with van der Waals surface area (Å²) in [6.45, 7) is 2.54. The molecule has 40 heavy (non-hydrogen) atoms. The van der Waals surface area contributed by atoms with E-state index in [9.17, 15) is 35.9 Å². The van der Waals surface area contributed by atoms with Crippen LogP contribution in [0.2, 0.25) is 0 Å². The maximum atomic E-state index is 13.3. The predicted octanol–water partition coefficient (Wildman–Crippen LogP) is 3.05. The van der Waals surface area contributed by atoms with Crippen LogP contribution in [0.5, 0.6) is 5.75 Å². The van der Waals surface area contributed by atoms with Crippen LogP contribution in [0.15, 0.2) is 23.3 Å². The number of H-pyrrole nitrogens is 1. The molecule has 0 bridgehead atoms. The summed E-state index contributed by atoms with van der Waals surface area (Å²) in [5.74, 6) is 0.197. The summed E-state index contributed by atoms with van der Waals surface area (Å²) in [6.07, 6.45) is -7.02. The summed E-state index contributed by atoms with van der Waals surface area (Å²) in [6, 6.07) is -0.0191. The Morgan fingerprint density at radius 1 is 1.10 bits per heavy atom. The molecule has 0 saturated carbocycles. The highest BCUT2D eigenvalue weighted by Gasteiger charge is 2.43. The minimum absolute atomic E-state index is 0.0798. The predicted molar refractivity (Wildman–Crippen MR) is 128 cm³/mol. The highest BCUT2D eigenvalue weighted by molar-refractivity contribution is 5.83. The summed E-state index contributed by atoms with van der Waals surface area (Å²) in [5.41, 5.74) is -4.13. The zero-order valence-corrected chi connectivity index (χ0v) is 21.2. The number of amides is 1.